The van der Waals surface area contributed by atoms with Gasteiger partial charge in [-0.1, -0.05) is 25.1 Å². The van der Waals surface area contributed by atoms with Crippen LogP contribution in [0.15, 0.2) is 24.3 Å². The zero-order chi connectivity index (χ0) is 15.6. The first kappa shape index (κ1) is 15.8. The summed E-state index contributed by atoms with van der Waals surface area (Å²) in [7, 11) is 0. The maximum atomic E-state index is 12.7. The Bertz CT molecular complexity index is 516. The standard InChI is InChI=1S/C15H18F3NO2/c1-10-4-3-7-19(13(10)14(20)21)9-11-5-2-6-12(8-11)15(16,17)18/h2,5-6,8,10,13H,3-4,7,9H2,1H3,(H,20,21). The number of carboxylic acids is 1. The molecular formula is C15H18F3NO2. The molecule has 0 aromatic heterocycles. The van der Waals surface area contributed by atoms with Crippen molar-refractivity contribution in [1.29, 1.82) is 0 Å². The van der Waals surface area contributed by atoms with Gasteiger partial charge >= 0.3 is 12.1 Å². The third-order valence-corrected chi connectivity index (χ3v) is 3.93. The number of hydrogen-bond acceptors (Lipinski definition) is 2. The third-order valence-electron chi connectivity index (χ3n) is 3.93. The number of carbonyl (C=O) groups is 1. The maximum Gasteiger partial charge on any atom is 0.416 e. The van der Waals surface area contributed by atoms with E-state index in [4.69, 9.17) is 0 Å². The fourth-order valence-corrected chi connectivity index (χ4v) is 2.93. The number of hydrogen-bond donors (Lipinski definition) is 1. The van der Waals surface area contributed by atoms with Gasteiger partial charge in [0.15, 0.2) is 0 Å². The minimum absolute atomic E-state index is 0.00190. The quantitative estimate of drug-likeness (QED) is 0.930. The van der Waals surface area contributed by atoms with Crippen LogP contribution in [0.1, 0.15) is 30.9 Å². The Labute approximate surface area is 121 Å². The van der Waals surface area contributed by atoms with Gasteiger partial charge in [-0.3, -0.25) is 9.69 Å². The summed E-state index contributed by atoms with van der Waals surface area (Å²) in [6.45, 7) is 2.69. The van der Waals surface area contributed by atoms with E-state index >= 15 is 0 Å². The number of nitrogens with zero attached hydrogens (tertiary/aromatic N) is 1. The van der Waals surface area contributed by atoms with Gasteiger partial charge in [-0.05, 0) is 36.9 Å². The molecule has 3 nitrogen and oxygen atoms in total. The zero-order valence-corrected chi connectivity index (χ0v) is 11.7. The number of benzene rings is 1. The van der Waals surface area contributed by atoms with Crippen molar-refractivity contribution in [2.75, 3.05) is 6.54 Å². The van der Waals surface area contributed by atoms with Gasteiger partial charge in [0.05, 0.1) is 5.56 Å². The molecule has 0 radical (unpaired) electrons. The lowest BCUT2D eigenvalue weighted by atomic mass is 9.90. The molecule has 1 N–H and O–H groups in total. The minimum atomic E-state index is -4.38. The van der Waals surface area contributed by atoms with E-state index in [0.717, 1.165) is 25.0 Å². The van der Waals surface area contributed by atoms with Gasteiger partial charge in [0.25, 0.3) is 0 Å². The molecule has 1 aromatic carbocycles. The predicted molar refractivity (Wildman–Crippen MR) is 71.7 cm³/mol. The number of carboxylic acid groups (broad SMARTS) is 1. The lowest BCUT2D eigenvalue weighted by Gasteiger charge is -2.37. The van der Waals surface area contributed by atoms with Crippen LogP contribution in [0, 0.1) is 5.92 Å². The van der Waals surface area contributed by atoms with Gasteiger partial charge in [0.2, 0.25) is 0 Å². The topological polar surface area (TPSA) is 40.5 Å². The van der Waals surface area contributed by atoms with Crippen LogP contribution >= 0.6 is 0 Å². The molecule has 0 saturated carbocycles. The highest BCUT2D eigenvalue weighted by Gasteiger charge is 2.35. The number of alkyl halides is 3. The van der Waals surface area contributed by atoms with E-state index in [9.17, 15) is 23.1 Å². The second kappa shape index (κ2) is 6.05. The Balaban J connectivity index is 2.18. The Morgan fingerprint density at radius 1 is 1.43 bits per heavy atom. The summed E-state index contributed by atoms with van der Waals surface area (Å²) in [6, 6.07) is 4.46. The molecule has 0 spiro atoms. The van der Waals surface area contributed by atoms with Crippen molar-refractivity contribution in [1.82, 2.24) is 4.90 Å². The molecule has 21 heavy (non-hydrogen) atoms. The van der Waals surface area contributed by atoms with Crippen LogP contribution in [-0.4, -0.2) is 28.6 Å². The molecule has 1 heterocycles. The van der Waals surface area contributed by atoms with Gasteiger partial charge in [0.1, 0.15) is 6.04 Å². The highest BCUT2D eigenvalue weighted by atomic mass is 19.4. The first-order chi connectivity index (χ1) is 9.79. The third kappa shape index (κ3) is 3.75. The Morgan fingerprint density at radius 3 is 2.76 bits per heavy atom. The van der Waals surface area contributed by atoms with Gasteiger partial charge in [0, 0.05) is 6.54 Å². The monoisotopic (exact) mass is 301 g/mol. The number of likely N-dealkylation sites (tertiary alicyclic amines) is 1. The van der Waals surface area contributed by atoms with E-state index < -0.39 is 23.8 Å². The van der Waals surface area contributed by atoms with E-state index in [1.807, 2.05) is 6.92 Å². The Kier molecular flexibility index (Phi) is 4.56. The summed E-state index contributed by atoms with van der Waals surface area (Å²) in [6.07, 6.45) is -2.68. The van der Waals surface area contributed by atoms with Crippen molar-refractivity contribution in [3.63, 3.8) is 0 Å². The second-order valence-corrected chi connectivity index (χ2v) is 5.57. The fourth-order valence-electron chi connectivity index (χ4n) is 2.93. The van der Waals surface area contributed by atoms with Crippen LogP contribution in [0.4, 0.5) is 13.2 Å². The maximum absolute atomic E-state index is 12.7. The molecule has 0 amide bonds. The van der Waals surface area contributed by atoms with Crippen molar-refractivity contribution in [3.8, 4) is 0 Å². The fraction of sp³-hybridized carbons (Fsp3) is 0.533. The highest BCUT2D eigenvalue weighted by Crippen LogP contribution is 2.31. The normalized spacial score (nSPS) is 24.0. The number of halogens is 3. The summed E-state index contributed by atoms with van der Waals surface area (Å²) in [5, 5.41) is 9.32. The predicted octanol–water partition coefficient (Wildman–Crippen LogP) is 3.39. The molecule has 6 heteroatoms. The lowest BCUT2D eigenvalue weighted by molar-refractivity contribution is -0.147. The molecule has 2 rings (SSSR count). The van der Waals surface area contributed by atoms with Gasteiger partial charge < -0.3 is 5.11 Å². The van der Waals surface area contributed by atoms with Crippen molar-refractivity contribution < 1.29 is 23.1 Å². The van der Waals surface area contributed by atoms with Crippen LogP contribution in [-0.2, 0) is 17.5 Å². The molecule has 0 bridgehead atoms. The van der Waals surface area contributed by atoms with Gasteiger partial charge in [-0.2, -0.15) is 13.2 Å². The van der Waals surface area contributed by atoms with Crippen molar-refractivity contribution in [3.05, 3.63) is 35.4 Å². The molecule has 116 valence electrons. The molecule has 1 aliphatic heterocycles. The lowest BCUT2D eigenvalue weighted by Crippen LogP contribution is -2.48. The number of piperidine rings is 1. The summed E-state index contributed by atoms with van der Waals surface area (Å²) >= 11 is 0. The van der Waals surface area contributed by atoms with Crippen molar-refractivity contribution in [2.45, 2.75) is 38.5 Å². The van der Waals surface area contributed by atoms with E-state index in [-0.39, 0.29) is 12.5 Å². The van der Waals surface area contributed by atoms with Crippen LogP contribution < -0.4 is 0 Å². The number of aliphatic carboxylic acids is 1. The molecular weight excluding hydrogens is 283 g/mol. The van der Waals surface area contributed by atoms with Crippen molar-refractivity contribution in [2.24, 2.45) is 5.92 Å². The van der Waals surface area contributed by atoms with E-state index in [1.54, 1.807) is 11.0 Å². The minimum Gasteiger partial charge on any atom is -0.480 e. The molecule has 1 aromatic rings. The summed E-state index contributed by atoms with van der Waals surface area (Å²) in [5.41, 5.74) is -0.206. The van der Waals surface area contributed by atoms with Crippen LogP contribution in [0.2, 0.25) is 0 Å². The van der Waals surface area contributed by atoms with E-state index in [0.29, 0.717) is 12.1 Å². The zero-order valence-electron chi connectivity index (χ0n) is 11.7. The first-order valence-electron chi connectivity index (χ1n) is 6.92. The smallest absolute Gasteiger partial charge is 0.416 e. The molecule has 1 saturated heterocycles. The SMILES string of the molecule is CC1CCCN(Cc2cccc(C(F)(F)F)c2)C1C(=O)O. The summed E-state index contributed by atoms with van der Waals surface area (Å²) in [4.78, 5) is 13.1. The van der Waals surface area contributed by atoms with Crippen LogP contribution in [0.5, 0.6) is 0 Å². The molecule has 0 aliphatic carbocycles. The second-order valence-electron chi connectivity index (χ2n) is 5.57. The van der Waals surface area contributed by atoms with Crippen LogP contribution in [0.3, 0.4) is 0 Å². The molecule has 1 fully saturated rings. The molecule has 2 unspecified atom stereocenters. The van der Waals surface area contributed by atoms with Gasteiger partial charge in [-0.25, -0.2) is 0 Å². The van der Waals surface area contributed by atoms with E-state index in [1.165, 1.54) is 6.07 Å². The van der Waals surface area contributed by atoms with Crippen molar-refractivity contribution >= 4 is 5.97 Å². The Morgan fingerprint density at radius 2 is 2.14 bits per heavy atom. The summed E-state index contributed by atoms with van der Waals surface area (Å²) in [5.74, 6) is -0.906. The largest absolute Gasteiger partial charge is 0.480 e. The Hall–Kier alpha value is -1.56. The molecule has 1 aliphatic rings. The average molecular weight is 301 g/mol. The summed E-state index contributed by atoms with van der Waals surface area (Å²) < 4.78 is 38.1. The van der Waals surface area contributed by atoms with Crippen LogP contribution in [0.25, 0.3) is 0 Å². The highest BCUT2D eigenvalue weighted by molar-refractivity contribution is 5.74. The average Bonchev–Trinajstić information content (AvgIpc) is 2.37. The molecule has 2 atom stereocenters. The van der Waals surface area contributed by atoms with Gasteiger partial charge in [-0.15, -0.1) is 0 Å². The van der Waals surface area contributed by atoms with E-state index in [2.05, 4.69) is 0 Å². The first-order valence-corrected chi connectivity index (χ1v) is 6.92. The number of rotatable bonds is 3.